The van der Waals surface area contributed by atoms with Crippen molar-refractivity contribution in [2.75, 3.05) is 18.1 Å². The van der Waals surface area contributed by atoms with Gasteiger partial charge in [-0.25, -0.2) is 4.79 Å². The smallest absolute Gasteiger partial charge is 0.350 e. The first-order valence-corrected chi connectivity index (χ1v) is 6.16. The van der Waals surface area contributed by atoms with E-state index in [1.807, 2.05) is 6.92 Å². The van der Waals surface area contributed by atoms with Gasteiger partial charge in [0.05, 0.1) is 5.37 Å². The van der Waals surface area contributed by atoms with Crippen molar-refractivity contribution in [2.45, 2.75) is 18.7 Å². The number of nitrogen functional groups attached to an aromatic ring is 1. The molecule has 1 aromatic heterocycles. The lowest BCUT2D eigenvalue weighted by Crippen LogP contribution is -2.27. The largest absolute Gasteiger partial charge is 0.396 e. The Morgan fingerprint density at radius 2 is 2.56 bits per heavy atom. The second-order valence-electron chi connectivity index (χ2n) is 4.48. The van der Waals surface area contributed by atoms with Crippen molar-refractivity contribution < 1.29 is 5.11 Å². The molecular formula is C10H15N3O2S. The standard InChI is InChI=1S/C10H15N3O2S/c1-10(5-14)4-8(16-6-10)13-3-2-7(11)12-9(13)15/h2-3,8,14H,4-6H2,1H3,(H2,11,12,15)/t8-,10+/m1/s1. The number of nitrogens with two attached hydrogens (primary N) is 1. The zero-order chi connectivity index (χ0) is 11.8. The van der Waals surface area contributed by atoms with Crippen LogP contribution < -0.4 is 11.4 Å². The lowest BCUT2D eigenvalue weighted by molar-refractivity contribution is 0.156. The van der Waals surface area contributed by atoms with Gasteiger partial charge in [-0.05, 0) is 12.5 Å². The van der Waals surface area contributed by atoms with Crippen LogP contribution in [0.25, 0.3) is 0 Å². The number of anilines is 1. The van der Waals surface area contributed by atoms with E-state index in [0.717, 1.165) is 12.2 Å². The molecule has 0 amide bonds. The second kappa shape index (κ2) is 4.10. The van der Waals surface area contributed by atoms with Crippen LogP contribution in [0.5, 0.6) is 0 Å². The number of hydrogen-bond donors (Lipinski definition) is 2. The van der Waals surface area contributed by atoms with Crippen LogP contribution in [0.4, 0.5) is 5.82 Å². The maximum atomic E-state index is 11.6. The molecular weight excluding hydrogens is 226 g/mol. The molecule has 16 heavy (non-hydrogen) atoms. The third-order valence-electron chi connectivity index (χ3n) is 2.84. The molecule has 0 bridgehead atoms. The first-order valence-electron chi connectivity index (χ1n) is 5.11. The van der Waals surface area contributed by atoms with Crippen LogP contribution in [-0.4, -0.2) is 27.0 Å². The third-order valence-corrected chi connectivity index (χ3v) is 4.48. The van der Waals surface area contributed by atoms with Crippen LogP contribution in [0.15, 0.2) is 17.1 Å². The predicted molar refractivity (Wildman–Crippen MR) is 64.2 cm³/mol. The molecule has 1 aliphatic rings. The van der Waals surface area contributed by atoms with Crippen LogP contribution in [0.2, 0.25) is 0 Å². The van der Waals surface area contributed by atoms with Gasteiger partial charge in [-0.3, -0.25) is 4.57 Å². The Morgan fingerprint density at radius 1 is 1.81 bits per heavy atom. The number of aliphatic hydroxyl groups is 1. The van der Waals surface area contributed by atoms with Crippen molar-refractivity contribution in [3.05, 3.63) is 22.7 Å². The summed E-state index contributed by atoms with van der Waals surface area (Å²) in [6.45, 7) is 2.17. The summed E-state index contributed by atoms with van der Waals surface area (Å²) in [6.07, 6.45) is 2.45. The van der Waals surface area contributed by atoms with Gasteiger partial charge in [-0.2, -0.15) is 4.98 Å². The van der Waals surface area contributed by atoms with Crippen molar-refractivity contribution in [3.8, 4) is 0 Å². The van der Waals surface area contributed by atoms with E-state index in [0.29, 0.717) is 0 Å². The van der Waals surface area contributed by atoms with E-state index in [1.54, 1.807) is 28.6 Å². The minimum absolute atomic E-state index is 0.0535. The third kappa shape index (κ3) is 2.08. The highest BCUT2D eigenvalue weighted by atomic mass is 32.2. The van der Waals surface area contributed by atoms with Crippen LogP contribution in [-0.2, 0) is 0 Å². The quantitative estimate of drug-likeness (QED) is 0.786. The van der Waals surface area contributed by atoms with Crippen LogP contribution in [0.1, 0.15) is 18.7 Å². The number of rotatable bonds is 2. The summed E-state index contributed by atoms with van der Waals surface area (Å²) >= 11 is 1.67. The van der Waals surface area contributed by atoms with E-state index in [2.05, 4.69) is 4.98 Å². The minimum Gasteiger partial charge on any atom is -0.396 e. The van der Waals surface area contributed by atoms with E-state index < -0.39 is 0 Å². The van der Waals surface area contributed by atoms with E-state index in [-0.39, 0.29) is 28.9 Å². The SMILES string of the molecule is C[C@]1(CO)CS[C@@H](n2ccc(N)nc2=O)C1. The molecule has 3 N–H and O–H groups in total. The molecule has 0 radical (unpaired) electrons. The lowest BCUT2D eigenvalue weighted by atomic mass is 9.90. The van der Waals surface area contributed by atoms with E-state index in [4.69, 9.17) is 5.73 Å². The average Bonchev–Trinajstić information content (AvgIpc) is 2.62. The van der Waals surface area contributed by atoms with Gasteiger partial charge >= 0.3 is 5.69 Å². The molecule has 0 saturated carbocycles. The molecule has 2 heterocycles. The first kappa shape index (κ1) is 11.5. The molecule has 6 heteroatoms. The summed E-state index contributed by atoms with van der Waals surface area (Å²) in [5.74, 6) is 1.10. The zero-order valence-corrected chi connectivity index (χ0v) is 9.91. The van der Waals surface area contributed by atoms with Crippen LogP contribution in [0, 0.1) is 5.41 Å². The maximum Gasteiger partial charge on any atom is 0.350 e. The molecule has 5 nitrogen and oxygen atoms in total. The normalized spacial score (nSPS) is 29.5. The maximum absolute atomic E-state index is 11.6. The highest BCUT2D eigenvalue weighted by Crippen LogP contribution is 2.45. The van der Waals surface area contributed by atoms with Crippen molar-refractivity contribution in [3.63, 3.8) is 0 Å². The second-order valence-corrected chi connectivity index (χ2v) is 5.65. The van der Waals surface area contributed by atoms with Gasteiger partial charge in [0.15, 0.2) is 0 Å². The number of aliphatic hydroxyl groups excluding tert-OH is 1. The number of hydrogen-bond acceptors (Lipinski definition) is 5. The monoisotopic (exact) mass is 241 g/mol. The first-order chi connectivity index (χ1) is 7.54. The molecule has 0 aromatic carbocycles. The molecule has 2 rings (SSSR count). The fourth-order valence-corrected chi connectivity index (χ4v) is 3.42. The summed E-state index contributed by atoms with van der Waals surface area (Å²) in [5, 5.41) is 9.32. The molecule has 0 unspecified atom stereocenters. The number of nitrogens with zero attached hydrogens (tertiary/aromatic N) is 2. The van der Waals surface area contributed by atoms with E-state index >= 15 is 0 Å². The van der Waals surface area contributed by atoms with Gasteiger partial charge in [0, 0.05) is 24.0 Å². The Bertz CT molecular complexity index is 448. The van der Waals surface area contributed by atoms with Gasteiger partial charge in [-0.1, -0.05) is 6.92 Å². The molecule has 0 aliphatic carbocycles. The van der Waals surface area contributed by atoms with Crippen molar-refractivity contribution in [1.82, 2.24) is 9.55 Å². The summed E-state index contributed by atoms with van der Waals surface area (Å²) < 4.78 is 1.59. The Hall–Kier alpha value is -1.01. The summed E-state index contributed by atoms with van der Waals surface area (Å²) in [4.78, 5) is 15.3. The van der Waals surface area contributed by atoms with E-state index in [1.165, 1.54) is 0 Å². The van der Waals surface area contributed by atoms with Gasteiger partial charge in [-0.15, -0.1) is 11.8 Å². The van der Waals surface area contributed by atoms with Gasteiger partial charge in [0.2, 0.25) is 0 Å². The molecule has 2 atom stereocenters. The van der Waals surface area contributed by atoms with Crippen molar-refractivity contribution >= 4 is 17.6 Å². The fourth-order valence-electron chi connectivity index (χ4n) is 1.77. The van der Waals surface area contributed by atoms with Gasteiger partial charge < -0.3 is 10.8 Å². The summed E-state index contributed by atoms with van der Waals surface area (Å²) in [7, 11) is 0. The van der Waals surface area contributed by atoms with Crippen molar-refractivity contribution in [1.29, 1.82) is 0 Å². The molecule has 1 aliphatic heterocycles. The average molecular weight is 241 g/mol. The topological polar surface area (TPSA) is 81.1 Å². The van der Waals surface area contributed by atoms with Crippen LogP contribution >= 0.6 is 11.8 Å². The molecule has 1 aromatic rings. The molecule has 88 valence electrons. The summed E-state index contributed by atoms with van der Waals surface area (Å²) in [6, 6.07) is 1.62. The lowest BCUT2D eigenvalue weighted by Gasteiger charge is -2.19. The highest BCUT2D eigenvalue weighted by Gasteiger charge is 2.36. The minimum atomic E-state index is -0.320. The predicted octanol–water partition coefficient (Wildman–Crippen LogP) is 0.460. The number of aromatic nitrogens is 2. The van der Waals surface area contributed by atoms with E-state index in [9.17, 15) is 9.90 Å². The molecule has 1 fully saturated rings. The Labute approximate surface area is 97.7 Å². The summed E-state index contributed by atoms with van der Waals surface area (Å²) in [5.41, 5.74) is 5.01. The molecule has 0 spiro atoms. The fraction of sp³-hybridized carbons (Fsp3) is 0.600. The zero-order valence-electron chi connectivity index (χ0n) is 9.09. The Morgan fingerprint density at radius 3 is 3.12 bits per heavy atom. The highest BCUT2D eigenvalue weighted by molar-refractivity contribution is 7.99. The van der Waals surface area contributed by atoms with Gasteiger partial charge in [0.25, 0.3) is 0 Å². The number of thioether (sulfide) groups is 1. The van der Waals surface area contributed by atoms with Crippen molar-refractivity contribution in [2.24, 2.45) is 5.41 Å². The van der Waals surface area contributed by atoms with Gasteiger partial charge in [0.1, 0.15) is 5.82 Å². The molecule has 1 saturated heterocycles. The Kier molecular flexibility index (Phi) is 2.94. The Balaban J connectivity index is 2.24. The van der Waals surface area contributed by atoms with Crippen LogP contribution in [0.3, 0.4) is 0 Å².